The lowest BCUT2D eigenvalue weighted by molar-refractivity contribution is 0.570. The maximum absolute atomic E-state index is 3.60. The van der Waals surface area contributed by atoms with Crippen molar-refractivity contribution in [3.63, 3.8) is 0 Å². The third-order valence-electron chi connectivity index (χ3n) is 2.38. The van der Waals surface area contributed by atoms with Gasteiger partial charge in [0, 0.05) is 15.4 Å². The minimum atomic E-state index is 0.428. The van der Waals surface area contributed by atoms with Gasteiger partial charge in [-0.05, 0) is 59.8 Å². The van der Waals surface area contributed by atoms with Crippen molar-refractivity contribution in [3.8, 4) is 0 Å². The van der Waals surface area contributed by atoms with Crippen LogP contribution in [0.4, 0.5) is 0 Å². The minimum Gasteiger partial charge on any atom is -0.310 e. The lowest BCUT2D eigenvalue weighted by Crippen LogP contribution is -2.19. The molecule has 1 unspecified atom stereocenters. The second kappa shape index (κ2) is 6.56. The van der Waals surface area contributed by atoms with Crippen LogP contribution in [0.2, 0.25) is 0 Å². The Labute approximate surface area is 105 Å². The highest BCUT2D eigenvalue weighted by Gasteiger charge is 2.06. The van der Waals surface area contributed by atoms with E-state index in [0.717, 1.165) is 6.54 Å². The highest BCUT2D eigenvalue weighted by Crippen LogP contribution is 2.28. The number of benzene rings is 1. The Morgan fingerprint density at radius 2 is 2.20 bits per heavy atom. The molecule has 0 amide bonds. The number of hydrogen-bond acceptors (Lipinski definition) is 2. The van der Waals surface area contributed by atoms with Gasteiger partial charge in [0.25, 0.3) is 0 Å². The summed E-state index contributed by atoms with van der Waals surface area (Å²) in [5.74, 6) is 0. The van der Waals surface area contributed by atoms with Crippen molar-refractivity contribution in [2.75, 3.05) is 12.8 Å². The third kappa shape index (κ3) is 3.82. The van der Waals surface area contributed by atoms with Gasteiger partial charge in [0.15, 0.2) is 0 Å². The van der Waals surface area contributed by atoms with E-state index in [1.165, 1.54) is 21.4 Å². The summed E-state index contributed by atoms with van der Waals surface area (Å²) in [5, 5.41) is 3.49. The molecular weight excluding hydrogens is 270 g/mol. The van der Waals surface area contributed by atoms with Gasteiger partial charge in [0.1, 0.15) is 0 Å². The smallest absolute Gasteiger partial charge is 0.0314 e. The molecule has 84 valence electrons. The van der Waals surface area contributed by atoms with Crippen molar-refractivity contribution < 1.29 is 0 Å². The molecule has 0 aliphatic carbocycles. The number of hydrogen-bond donors (Lipinski definition) is 1. The van der Waals surface area contributed by atoms with E-state index in [0.29, 0.717) is 6.04 Å². The van der Waals surface area contributed by atoms with Crippen LogP contribution in [0.5, 0.6) is 0 Å². The summed E-state index contributed by atoms with van der Waals surface area (Å²) >= 11 is 5.36. The molecule has 0 aliphatic rings. The molecule has 0 heterocycles. The highest BCUT2D eigenvalue weighted by molar-refractivity contribution is 9.10. The maximum Gasteiger partial charge on any atom is 0.0314 e. The summed E-state index contributed by atoms with van der Waals surface area (Å²) in [6.07, 6.45) is 3.27. The van der Waals surface area contributed by atoms with Crippen LogP contribution in [0.3, 0.4) is 0 Å². The Hall–Kier alpha value is 0.01000. The fourth-order valence-corrected chi connectivity index (χ4v) is 2.77. The predicted octanol–water partition coefficient (Wildman–Crippen LogP) is 4.23. The van der Waals surface area contributed by atoms with Gasteiger partial charge in [-0.2, -0.15) is 0 Å². The summed E-state index contributed by atoms with van der Waals surface area (Å²) in [7, 11) is 0. The molecule has 1 nitrogen and oxygen atoms in total. The van der Waals surface area contributed by atoms with Gasteiger partial charge in [-0.25, -0.2) is 0 Å². The summed E-state index contributed by atoms with van der Waals surface area (Å²) in [5.41, 5.74) is 1.34. The molecular formula is C12H18BrNS. The van der Waals surface area contributed by atoms with Crippen LogP contribution >= 0.6 is 27.7 Å². The second-order valence-corrected chi connectivity index (χ2v) is 5.27. The van der Waals surface area contributed by atoms with Gasteiger partial charge in [0.05, 0.1) is 0 Å². The van der Waals surface area contributed by atoms with Crippen LogP contribution in [-0.4, -0.2) is 12.8 Å². The molecule has 0 radical (unpaired) electrons. The first-order chi connectivity index (χ1) is 7.19. The number of nitrogens with one attached hydrogen (secondary N) is 1. The molecule has 0 saturated carbocycles. The first kappa shape index (κ1) is 13.1. The fourth-order valence-electron chi connectivity index (χ4n) is 1.43. The van der Waals surface area contributed by atoms with Crippen LogP contribution in [0.15, 0.2) is 27.6 Å². The fraction of sp³-hybridized carbons (Fsp3) is 0.500. The van der Waals surface area contributed by atoms with Gasteiger partial charge in [0.2, 0.25) is 0 Å². The molecule has 0 bridgehead atoms. The predicted molar refractivity (Wildman–Crippen MR) is 72.6 cm³/mol. The van der Waals surface area contributed by atoms with Crippen LogP contribution in [0.25, 0.3) is 0 Å². The zero-order valence-corrected chi connectivity index (χ0v) is 11.9. The van der Waals surface area contributed by atoms with E-state index >= 15 is 0 Å². The topological polar surface area (TPSA) is 12.0 Å². The van der Waals surface area contributed by atoms with E-state index in [1.807, 2.05) is 0 Å². The normalized spacial score (nSPS) is 12.8. The van der Waals surface area contributed by atoms with E-state index in [-0.39, 0.29) is 0 Å². The number of halogens is 1. The van der Waals surface area contributed by atoms with Crippen molar-refractivity contribution >= 4 is 27.7 Å². The van der Waals surface area contributed by atoms with Crippen molar-refractivity contribution in [3.05, 3.63) is 28.2 Å². The second-order valence-electron chi connectivity index (χ2n) is 3.57. The molecule has 0 aliphatic heterocycles. The molecule has 0 saturated heterocycles. The van der Waals surface area contributed by atoms with Gasteiger partial charge >= 0.3 is 0 Å². The van der Waals surface area contributed by atoms with Crippen molar-refractivity contribution in [2.45, 2.75) is 31.2 Å². The molecule has 0 aromatic heterocycles. The van der Waals surface area contributed by atoms with E-state index in [1.54, 1.807) is 11.8 Å². The van der Waals surface area contributed by atoms with Gasteiger partial charge in [-0.3, -0.25) is 0 Å². The van der Waals surface area contributed by atoms with Crippen LogP contribution in [-0.2, 0) is 0 Å². The highest BCUT2D eigenvalue weighted by atomic mass is 79.9. The molecule has 1 aromatic rings. The SMILES string of the molecule is CCCNC(C)c1ccc(SC)c(Br)c1. The molecule has 15 heavy (non-hydrogen) atoms. The zero-order chi connectivity index (χ0) is 11.3. The Kier molecular flexibility index (Phi) is 5.72. The molecule has 1 rings (SSSR count). The summed E-state index contributed by atoms with van der Waals surface area (Å²) in [4.78, 5) is 1.29. The first-order valence-electron chi connectivity index (χ1n) is 5.25. The number of rotatable bonds is 5. The maximum atomic E-state index is 3.60. The van der Waals surface area contributed by atoms with E-state index in [4.69, 9.17) is 0 Å². The molecule has 0 fully saturated rings. The molecule has 1 N–H and O–H groups in total. The van der Waals surface area contributed by atoms with E-state index in [9.17, 15) is 0 Å². The van der Waals surface area contributed by atoms with Crippen LogP contribution in [0.1, 0.15) is 31.9 Å². The molecule has 0 spiro atoms. The molecule has 1 aromatic carbocycles. The molecule has 1 atom stereocenters. The van der Waals surface area contributed by atoms with Crippen molar-refractivity contribution in [1.29, 1.82) is 0 Å². The average molecular weight is 288 g/mol. The minimum absolute atomic E-state index is 0.428. The Morgan fingerprint density at radius 1 is 1.47 bits per heavy atom. The average Bonchev–Trinajstić information content (AvgIpc) is 2.25. The lowest BCUT2D eigenvalue weighted by atomic mass is 10.1. The Morgan fingerprint density at radius 3 is 2.73 bits per heavy atom. The first-order valence-corrected chi connectivity index (χ1v) is 7.27. The Balaban J connectivity index is 2.73. The van der Waals surface area contributed by atoms with E-state index < -0.39 is 0 Å². The third-order valence-corrected chi connectivity index (χ3v) is 4.09. The van der Waals surface area contributed by atoms with Crippen molar-refractivity contribution in [2.24, 2.45) is 0 Å². The zero-order valence-electron chi connectivity index (χ0n) is 9.51. The van der Waals surface area contributed by atoms with Crippen LogP contribution < -0.4 is 5.32 Å². The quantitative estimate of drug-likeness (QED) is 0.814. The van der Waals surface area contributed by atoms with Crippen molar-refractivity contribution in [1.82, 2.24) is 5.32 Å². The van der Waals surface area contributed by atoms with Crippen LogP contribution in [0, 0.1) is 0 Å². The van der Waals surface area contributed by atoms with Gasteiger partial charge in [-0.1, -0.05) is 13.0 Å². The largest absolute Gasteiger partial charge is 0.310 e. The lowest BCUT2D eigenvalue weighted by Gasteiger charge is -2.14. The molecule has 3 heteroatoms. The van der Waals surface area contributed by atoms with Gasteiger partial charge < -0.3 is 5.32 Å². The standard InChI is InChI=1S/C12H18BrNS/c1-4-7-14-9(2)10-5-6-12(15-3)11(13)8-10/h5-6,8-9,14H,4,7H2,1-3H3. The monoisotopic (exact) mass is 287 g/mol. The Bertz CT molecular complexity index is 314. The van der Waals surface area contributed by atoms with E-state index in [2.05, 4.69) is 59.5 Å². The van der Waals surface area contributed by atoms with Gasteiger partial charge in [-0.15, -0.1) is 11.8 Å². The summed E-state index contributed by atoms with van der Waals surface area (Å²) < 4.78 is 1.19. The summed E-state index contributed by atoms with van der Waals surface area (Å²) in [6, 6.07) is 7.01. The number of thioether (sulfide) groups is 1. The summed E-state index contributed by atoms with van der Waals surface area (Å²) in [6.45, 7) is 5.46.